The lowest BCUT2D eigenvalue weighted by Gasteiger charge is -2.27. The molecule has 0 saturated carbocycles. The SMILES string of the molecule is COc1ccc(OCCCC(=O)Nc2sc(-c3ccccc3)c(C)c2C(=O)N2CCOCC2)cc1. The van der Waals surface area contributed by atoms with Crippen molar-refractivity contribution in [2.75, 3.05) is 45.3 Å². The molecule has 7 nitrogen and oxygen atoms in total. The highest BCUT2D eigenvalue weighted by atomic mass is 32.1. The minimum Gasteiger partial charge on any atom is -0.497 e. The van der Waals surface area contributed by atoms with E-state index in [2.05, 4.69) is 5.32 Å². The molecule has 0 atom stereocenters. The van der Waals surface area contributed by atoms with E-state index in [1.54, 1.807) is 12.0 Å². The Balaban J connectivity index is 1.43. The molecule has 0 aliphatic carbocycles. The van der Waals surface area contributed by atoms with E-state index in [9.17, 15) is 9.59 Å². The van der Waals surface area contributed by atoms with E-state index in [4.69, 9.17) is 14.2 Å². The first-order valence-electron chi connectivity index (χ1n) is 11.7. The standard InChI is InChI=1S/C27H30N2O5S/c1-19-24(27(31)29-14-17-33-18-15-29)26(35-25(19)20-7-4-3-5-8-20)28-23(30)9-6-16-34-22-12-10-21(32-2)11-13-22/h3-5,7-8,10-13H,6,9,14-18H2,1-2H3,(H,28,30). The number of rotatable bonds is 9. The van der Waals surface area contributed by atoms with Crippen molar-refractivity contribution >= 4 is 28.2 Å². The van der Waals surface area contributed by atoms with Gasteiger partial charge in [0.1, 0.15) is 16.5 Å². The average Bonchev–Trinajstić information content (AvgIpc) is 3.22. The van der Waals surface area contributed by atoms with Crippen LogP contribution in [-0.2, 0) is 9.53 Å². The van der Waals surface area contributed by atoms with Gasteiger partial charge in [-0.25, -0.2) is 0 Å². The van der Waals surface area contributed by atoms with Gasteiger partial charge in [0.05, 0.1) is 32.5 Å². The lowest BCUT2D eigenvalue weighted by Crippen LogP contribution is -2.41. The van der Waals surface area contributed by atoms with Crippen molar-refractivity contribution in [3.05, 3.63) is 65.7 Å². The predicted octanol–water partition coefficient (Wildman–Crippen LogP) is 5.00. The number of thiophene rings is 1. The van der Waals surface area contributed by atoms with E-state index in [-0.39, 0.29) is 11.8 Å². The highest BCUT2D eigenvalue weighted by molar-refractivity contribution is 7.20. The van der Waals surface area contributed by atoms with Gasteiger partial charge in [-0.3, -0.25) is 9.59 Å². The number of hydrogen-bond donors (Lipinski definition) is 1. The third kappa shape index (κ3) is 6.21. The zero-order valence-electron chi connectivity index (χ0n) is 20.0. The first-order chi connectivity index (χ1) is 17.1. The Labute approximate surface area is 209 Å². The van der Waals surface area contributed by atoms with Crippen molar-refractivity contribution in [2.24, 2.45) is 0 Å². The Morgan fingerprint density at radius 2 is 1.71 bits per heavy atom. The summed E-state index contributed by atoms with van der Waals surface area (Å²) < 4.78 is 16.3. The van der Waals surface area contributed by atoms with Crippen LogP contribution in [0.15, 0.2) is 54.6 Å². The maximum atomic E-state index is 13.4. The molecule has 2 amide bonds. The van der Waals surface area contributed by atoms with E-state index < -0.39 is 0 Å². The van der Waals surface area contributed by atoms with Crippen molar-refractivity contribution in [1.82, 2.24) is 4.90 Å². The summed E-state index contributed by atoms with van der Waals surface area (Å²) in [6.45, 7) is 4.51. The van der Waals surface area contributed by atoms with Crippen molar-refractivity contribution in [2.45, 2.75) is 19.8 Å². The lowest BCUT2D eigenvalue weighted by molar-refractivity contribution is -0.116. The van der Waals surface area contributed by atoms with Crippen LogP contribution in [0.4, 0.5) is 5.00 Å². The monoisotopic (exact) mass is 494 g/mol. The molecule has 0 radical (unpaired) electrons. The minimum atomic E-state index is -0.139. The summed E-state index contributed by atoms with van der Waals surface area (Å²) in [4.78, 5) is 29.0. The fraction of sp³-hybridized carbons (Fsp3) is 0.333. The van der Waals surface area contributed by atoms with Gasteiger partial charge in [-0.15, -0.1) is 11.3 Å². The van der Waals surface area contributed by atoms with Crippen LogP contribution in [0.3, 0.4) is 0 Å². The first kappa shape index (κ1) is 24.8. The number of nitrogens with zero attached hydrogens (tertiary/aromatic N) is 1. The minimum absolute atomic E-state index is 0.0672. The number of hydrogen-bond acceptors (Lipinski definition) is 6. The van der Waals surface area contributed by atoms with E-state index >= 15 is 0 Å². The quantitative estimate of drug-likeness (QED) is 0.424. The topological polar surface area (TPSA) is 77.1 Å². The van der Waals surface area contributed by atoms with Gasteiger partial charge in [0.2, 0.25) is 5.91 Å². The number of amides is 2. The summed E-state index contributed by atoms with van der Waals surface area (Å²) in [5.74, 6) is 1.29. The Hall–Kier alpha value is -3.36. The third-order valence-electron chi connectivity index (χ3n) is 5.82. The van der Waals surface area contributed by atoms with Gasteiger partial charge in [0, 0.05) is 24.4 Å². The Morgan fingerprint density at radius 3 is 2.40 bits per heavy atom. The molecule has 35 heavy (non-hydrogen) atoms. The van der Waals surface area contributed by atoms with Gasteiger partial charge in [-0.1, -0.05) is 30.3 Å². The summed E-state index contributed by atoms with van der Waals surface area (Å²) >= 11 is 1.45. The van der Waals surface area contributed by atoms with Crippen LogP contribution in [0.25, 0.3) is 10.4 Å². The van der Waals surface area contributed by atoms with Crippen LogP contribution >= 0.6 is 11.3 Å². The zero-order chi connectivity index (χ0) is 24.6. The molecule has 8 heteroatoms. The molecule has 2 aromatic carbocycles. The van der Waals surface area contributed by atoms with Gasteiger partial charge < -0.3 is 24.4 Å². The summed E-state index contributed by atoms with van der Waals surface area (Å²) in [5.41, 5.74) is 2.48. The highest BCUT2D eigenvalue weighted by Gasteiger charge is 2.27. The number of ether oxygens (including phenoxy) is 3. The van der Waals surface area contributed by atoms with Crippen LogP contribution < -0.4 is 14.8 Å². The molecule has 0 unspecified atom stereocenters. The van der Waals surface area contributed by atoms with Crippen molar-refractivity contribution < 1.29 is 23.8 Å². The summed E-state index contributed by atoms with van der Waals surface area (Å²) in [7, 11) is 1.62. The molecule has 0 spiro atoms. The molecule has 4 rings (SSSR count). The van der Waals surface area contributed by atoms with E-state index in [0.717, 1.165) is 27.5 Å². The van der Waals surface area contributed by atoms with Crippen LogP contribution in [0.5, 0.6) is 11.5 Å². The second kappa shape index (κ2) is 11.9. The predicted molar refractivity (Wildman–Crippen MR) is 138 cm³/mol. The number of nitrogens with one attached hydrogen (secondary N) is 1. The van der Waals surface area contributed by atoms with Gasteiger partial charge in [-0.2, -0.15) is 0 Å². The number of anilines is 1. The van der Waals surface area contributed by atoms with Crippen LogP contribution in [0.1, 0.15) is 28.8 Å². The van der Waals surface area contributed by atoms with E-state index in [1.165, 1.54) is 11.3 Å². The fourth-order valence-corrected chi connectivity index (χ4v) is 5.15. The number of morpholine rings is 1. The normalized spacial score (nSPS) is 13.4. The van der Waals surface area contributed by atoms with Crippen molar-refractivity contribution in [1.29, 1.82) is 0 Å². The molecule has 0 bridgehead atoms. The Morgan fingerprint density at radius 1 is 1.03 bits per heavy atom. The largest absolute Gasteiger partial charge is 0.497 e. The number of benzene rings is 2. The molecule has 184 valence electrons. The van der Waals surface area contributed by atoms with Crippen molar-refractivity contribution in [3.8, 4) is 21.9 Å². The first-order valence-corrected chi connectivity index (χ1v) is 12.5. The molecule has 1 aliphatic heterocycles. The van der Waals surface area contributed by atoms with E-state index in [0.29, 0.717) is 56.3 Å². The smallest absolute Gasteiger partial charge is 0.257 e. The molecule has 1 aromatic heterocycles. The highest BCUT2D eigenvalue weighted by Crippen LogP contribution is 2.40. The molecule has 1 fully saturated rings. The second-order valence-corrected chi connectivity index (χ2v) is 9.23. The zero-order valence-corrected chi connectivity index (χ0v) is 20.9. The van der Waals surface area contributed by atoms with Gasteiger partial charge in [0.25, 0.3) is 5.91 Å². The fourth-order valence-electron chi connectivity index (χ4n) is 3.93. The van der Waals surface area contributed by atoms with Crippen LogP contribution in [-0.4, -0.2) is 56.7 Å². The molecule has 1 N–H and O–H groups in total. The van der Waals surface area contributed by atoms with Gasteiger partial charge in [0.15, 0.2) is 0 Å². The molecule has 1 saturated heterocycles. The number of methoxy groups -OCH3 is 1. The van der Waals surface area contributed by atoms with Gasteiger partial charge >= 0.3 is 0 Å². The molecule has 1 aliphatic rings. The van der Waals surface area contributed by atoms with E-state index in [1.807, 2.05) is 61.5 Å². The molecule has 2 heterocycles. The number of carbonyl (C=O) groups excluding carboxylic acids is 2. The molecule has 3 aromatic rings. The van der Waals surface area contributed by atoms with Crippen LogP contribution in [0.2, 0.25) is 0 Å². The second-order valence-electron chi connectivity index (χ2n) is 8.21. The number of carbonyl (C=O) groups is 2. The Kier molecular flexibility index (Phi) is 8.39. The third-order valence-corrected chi connectivity index (χ3v) is 7.08. The lowest BCUT2D eigenvalue weighted by atomic mass is 10.1. The summed E-state index contributed by atoms with van der Waals surface area (Å²) in [6, 6.07) is 17.3. The van der Waals surface area contributed by atoms with Crippen LogP contribution in [0, 0.1) is 6.92 Å². The maximum Gasteiger partial charge on any atom is 0.257 e. The summed E-state index contributed by atoms with van der Waals surface area (Å²) in [6.07, 6.45) is 0.847. The maximum absolute atomic E-state index is 13.4. The Bertz CT molecular complexity index is 1140. The van der Waals surface area contributed by atoms with Gasteiger partial charge in [-0.05, 0) is 48.7 Å². The molecular formula is C27H30N2O5S. The summed E-state index contributed by atoms with van der Waals surface area (Å²) in [5, 5.41) is 3.60. The average molecular weight is 495 g/mol. The molecular weight excluding hydrogens is 464 g/mol. The van der Waals surface area contributed by atoms with Crippen molar-refractivity contribution in [3.63, 3.8) is 0 Å².